The summed E-state index contributed by atoms with van der Waals surface area (Å²) in [5.74, 6) is 0.163. The van der Waals surface area contributed by atoms with Crippen molar-refractivity contribution in [3.05, 3.63) is 69.7 Å². The van der Waals surface area contributed by atoms with E-state index in [2.05, 4.69) is 11.0 Å². The molecular weight excluding hydrogens is 422 g/mol. The topological polar surface area (TPSA) is 43.9 Å². The lowest BCUT2D eigenvalue weighted by atomic mass is 9.91. The van der Waals surface area contributed by atoms with Gasteiger partial charge in [-0.05, 0) is 73.2 Å². The Labute approximate surface area is 194 Å². The summed E-state index contributed by atoms with van der Waals surface area (Å²) in [6.07, 6.45) is 5.80. The summed E-state index contributed by atoms with van der Waals surface area (Å²) in [7, 11) is 0. The van der Waals surface area contributed by atoms with E-state index in [1.807, 2.05) is 21.9 Å². The molecule has 2 aliphatic heterocycles. The zero-order chi connectivity index (χ0) is 22.1. The maximum Gasteiger partial charge on any atom is 0.254 e. The molecule has 2 fully saturated rings. The molecule has 168 valence electrons. The Morgan fingerprint density at radius 2 is 1.50 bits per heavy atom. The largest absolute Gasteiger partial charge is 0.337 e. The second-order valence-electron chi connectivity index (χ2n) is 9.23. The summed E-state index contributed by atoms with van der Waals surface area (Å²) in [6.45, 7) is 4.98. The van der Waals surface area contributed by atoms with Crippen LogP contribution in [0.2, 0.25) is 5.02 Å². The lowest BCUT2D eigenvalue weighted by Gasteiger charge is -2.36. The second kappa shape index (κ2) is 9.24. The molecule has 0 atom stereocenters. The quantitative estimate of drug-likeness (QED) is 0.701. The van der Waals surface area contributed by atoms with Gasteiger partial charge in [0, 0.05) is 61.5 Å². The molecule has 5 nitrogen and oxygen atoms in total. The van der Waals surface area contributed by atoms with E-state index in [1.165, 1.54) is 24.8 Å². The fourth-order valence-electron chi connectivity index (χ4n) is 5.07. The summed E-state index contributed by atoms with van der Waals surface area (Å²) >= 11 is 5.95. The van der Waals surface area contributed by atoms with E-state index < -0.39 is 0 Å². The molecule has 32 heavy (non-hydrogen) atoms. The molecule has 6 heteroatoms. The van der Waals surface area contributed by atoms with E-state index in [9.17, 15) is 9.59 Å². The first-order valence-electron chi connectivity index (χ1n) is 11.8. The Kier molecular flexibility index (Phi) is 6.20. The van der Waals surface area contributed by atoms with Crippen molar-refractivity contribution in [3.8, 4) is 0 Å². The van der Waals surface area contributed by atoms with E-state index in [0.29, 0.717) is 23.7 Å². The highest BCUT2D eigenvalue weighted by atomic mass is 35.5. The number of halogens is 1. The fraction of sp³-hybridized carbons (Fsp3) is 0.462. The van der Waals surface area contributed by atoms with E-state index in [1.54, 1.807) is 24.3 Å². The zero-order valence-electron chi connectivity index (χ0n) is 18.4. The van der Waals surface area contributed by atoms with Gasteiger partial charge >= 0.3 is 0 Å². The smallest absolute Gasteiger partial charge is 0.254 e. The summed E-state index contributed by atoms with van der Waals surface area (Å²) in [5.41, 5.74) is 3.74. The summed E-state index contributed by atoms with van der Waals surface area (Å²) < 4.78 is 0. The molecule has 3 aliphatic rings. The Morgan fingerprint density at radius 1 is 0.750 bits per heavy atom. The summed E-state index contributed by atoms with van der Waals surface area (Å²) in [4.78, 5) is 32.5. The predicted octanol–water partition coefficient (Wildman–Crippen LogP) is 4.24. The van der Waals surface area contributed by atoms with Gasteiger partial charge in [-0.2, -0.15) is 0 Å². The molecule has 1 saturated heterocycles. The van der Waals surface area contributed by atoms with Crippen molar-refractivity contribution in [1.82, 2.24) is 14.7 Å². The van der Waals surface area contributed by atoms with Crippen LogP contribution >= 0.6 is 11.6 Å². The van der Waals surface area contributed by atoms with Gasteiger partial charge in [-0.25, -0.2) is 0 Å². The van der Waals surface area contributed by atoms with E-state index >= 15 is 0 Å². The van der Waals surface area contributed by atoms with Crippen LogP contribution < -0.4 is 0 Å². The molecule has 2 aromatic rings. The monoisotopic (exact) mass is 451 g/mol. The molecule has 0 unspecified atom stereocenters. The highest BCUT2D eigenvalue weighted by Crippen LogP contribution is 2.26. The van der Waals surface area contributed by atoms with Crippen LogP contribution in [0.25, 0.3) is 0 Å². The zero-order valence-corrected chi connectivity index (χ0v) is 19.2. The minimum Gasteiger partial charge on any atom is -0.337 e. The molecule has 2 aromatic carbocycles. The van der Waals surface area contributed by atoms with Crippen LogP contribution in [0.15, 0.2) is 42.5 Å². The first-order chi connectivity index (χ1) is 15.6. The van der Waals surface area contributed by atoms with Gasteiger partial charge in [0.25, 0.3) is 11.8 Å². The number of hydrogen-bond acceptors (Lipinski definition) is 3. The van der Waals surface area contributed by atoms with E-state index in [-0.39, 0.29) is 11.8 Å². The number of carbonyl (C=O) groups is 2. The maximum atomic E-state index is 13.2. The van der Waals surface area contributed by atoms with Crippen molar-refractivity contribution >= 4 is 23.4 Å². The van der Waals surface area contributed by atoms with Crippen LogP contribution in [-0.4, -0.2) is 65.3 Å². The van der Waals surface area contributed by atoms with Crippen LogP contribution in [0, 0.1) is 0 Å². The summed E-state index contributed by atoms with van der Waals surface area (Å²) in [5, 5.41) is 0.628. The number of rotatable bonds is 3. The van der Waals surface area contributed by atoms with Crippen molar-refractivity contribution < 1.29 is 9.59 Å². The molecule has 0 N–H and O–H groups in total. The Balaban J connectivity index is 1.24. The Morgan fingerprint density at radius 3 is 2.25 bits per heavy atom. The molecule has 1 saturated carbocycles. The number of carbonyl (C=O) groups excluding carboxylic acids is 2. The molecule has 2 amide bonds. The molecule has 2 heterocycles. The molecule has 1 aliphatic carbocycles. The van der Waals surface area contributed by atoms with Gasteiger partial charge in [-0.15, -0.1) is 0 Å². The van der Waals surface area contributed by atoms with Crippen LogP contribution in [-0.2, 0) is 13.0 Å². The van der Waals surface area contributed by atoms with Crippen LogP contribution in [0.5, 0.6) is 0 Å². The van der Waals surface area contributed by atoms with Crippen molar-refractivity contribution in [1.29, 1.82) is 0 Å². The third-order valence-electron chi connectivity index (χ3n) is 7.25. The minimum atomic E-state index is 0.0213. The normalized spacial score (nSPS) is 19.8. The van der Waals surface area contributed by atoms with Gasteiger partial charge < -0.3 is 9.80 Å². The SMILES string of the molecule is O=C(c1ccc2c(c1)CCN(C(=O)c1ccc(Cl)cc1)C2)N1CCCN(C2CCC2)CC1. The highest BCUT2D eigenvalue weighted by molar-refractivity contribution is 6.30. The average molecular weight is 452 g/mol. The first-order valence-corrected chi connectivity index (χ1v) is 12.2. The van der Waals surface area contributed by atoms with Gasteiger partial charge in [0.15, 0.2) is 0 Å². The molecular formula is C26H30ClN3O2. The van der Waals surface area contributed by atoms with Crippen LogP contribution in [0.3, 0.4) is 0 Å². The number of amides is 2. The average Bonchev–Trinajstić information content (AvgIpc) is 3.03. The van der Waals surface area contributed by atoms with Gasteiger partial charge in [0.1, 0.15) is 0 Å². The number of hydrogen-bond donors (Lipinski definition) is 0. The summed E-state index contributed by atoms with van der Waals surface area (Å²) in [6, 6.07) is 13.8. The van der Waals surface area contributed by atoms with Crippen molar-refractivity contribution in [2.24, 2.45) is 0 Å². The number of benzene rings is 2. The van der Waals surface area contributed by atoms with E-state index in [4.69, 9.17) is 11.6 Å². The lowest BCUT2D eigenvalue weighted by molar-refractivity contribution is 0.0727. The van der Waals surface area contributed by atoms with Crippen LogP contribution in [0.1, 0.15) is 57.5 Å². The van der Waals surface area contributed by atoms with Crippen molar-refractivity contribution in [2.45, 2.75) is 44.7 Å². The first kappa shape index (κ1) is 21.5. The van der Waals surface area contributed by atoms with Crippen molar-refractivity contribution in [2.75, 3.05) is 32.7 Å². The Hall–Kier alpha value is -2.37. The molecule has 0 bridgehead atoms. The van der Waals surface area contributed by atoms with Gasteiger partial charge in [0.2, 0.25) is 0 Å². The van der Waals surface area contributed by atoms with Gasteiger partial charge in [-0.3, -0.25) is 14.5 Å². The Bertz CT molecular complexity index is 1000. The van der Waals surface area contributed by atoms with Gasteiger partial charge in [0.05, 0.1) is 0 Å². The van der Waals surface area contributed by atoms with Gasteiger partial charge in [-0.1, -0.05) is 24.1 Å². The number of fused-ring (bicyclic) bond motifs is 1. The second-order valence-corrected chi connectivity index (χ2v) is 9.67. The highest BCUT2D eigenvalue weighted by Gasteiger charge is 2.28. The lowest BCUT2D eigenvalue weighted by Crippen LogP contribution is -2.42. The standard InChI is InChI=1S/C26H30ClN3O2/c27-23-9-7-19(8-10-23)25(31)30-14-11-20-17-21(5-6-22(20)18-30)26(32)29-13-2-12-28(15-16-29)24-3-1-4-24/h5-10,17,24H,1-4,11-16,18H2. The van der Waals surface area contributed by atoms with Crippen molar-refractivity contribution in [3.63, 3.8) is 0 Å². The maximum absolute atomic E-state index is 13.2. The minimum absolute atomic E-state index is 0.0213. The predicted molar refractivity (Wildman–Crippen MR) is 126 cm³/mol. The molecule has 0 radical (unpaired) electrons. The molecule has 5 rings (SSSR count). The van der Waals surface area contributed by atoms with Crippen LogP contribution in [0.4, 0.5) is 0 Å². The third-order valence-corrected chi connectivity index (χ3v) is 7.50. The molecule has 0 aromatic heterocycles. The molecule has 0 spiro atoms. The number of nitrogens with zero attached hydrogens (tertiary/aromatic N) is 3. The third kappa shape index (κ3) is 4.41. The van der Waals surface area contributed by atoms with E-state index in [0.717, 1.165) is 56.2 Å². The fourth-order valence-corrected chi connectivity index (χ4v) is 5.20.